The zero-order valence-corrected chi connectivity index (χ0v) is 14.2. The van der Waals surface area contributed by atoms with E-state index in [1.807, 2.05) is 31.3 Å². The molecule has 0 spiro atoms. The van der Waals surface area contributed by atoms with Crippen LogP contribution in [0.2, 0.25) is 0 Å². The van der Waals surface area contributed by atoms with Crippen LogP contribution in [-0.2, 0) is 4.74 Å². The van der Waals surface area contributed by atoms with E-state index in [2.05, 4.69) is 36.8 Å². The molecule has 1 heterocycles. The average molecular weight is 369 g/mol. The van der Waals surface area contributed by atoms with Crippen LogP contribution in [0.25, 0.3) is 10.9 Å². The summed E-state index contributed by atoms with van der Waals surface area (Å²) in [5.74, 6) is 0. The number of hydrogen-bond acceptors (Lipinski definition) is 3. The summed E-state index contributed by atoms with van der Waals surface area (Å²) in [7, 11) is 1.65. The lowest BCUT2D eigenvalue weighted by atomic mass is 10.2. The van der Waals surface area contributed by atoms with Gasteiger partial charge in [-0.1, -0.05) is 15.9 Å². The molecule has 1 aromatic carbocycles. The van der Waals surface area contributed by atoms with Crippen LogP contribution in [0.4, 0.5) is 0 Å². The number of aromatic nitrogens is 1. The van der Waals surface area contributed by atoms with Gasteiger partial charge in [-0.2, -0.15) is 5.10 Å². The fraction of sp³-hybridized carbons (Fsp3) is 0.286. The van der Waals surface area contributed by atoms with E-state index in [9.17, 15) is 0 Å². The molecule has 3 N–H and O–H groups in total. The Morgan fingerprint density at radius 3 is 3.14 bits per heavy atom. The van der Waals surface area contributed by atoms with Gasteiger partial charge in [0.2, 0.25) is 0 Å². The number of nitrogens with zero attached hydrogens (tertiary/aromatic N) is 1. The first kappa shape index (κ1) is 15.9. The topological polar surface area (TPSA) is 61.4 Å². The van der Waals surface area contributed by atoms with Crippen molar-refractivity contribution in [3.05, 3.63) is 34.4 Å². The third-order valence-corrected chi connectivity index (χ3v) is 3.54. The number of fused-ring (bicyclic) bond motifs is 1. The van der Waals surface area contributed by atoms with Crippen molar-refractivity contribution < 1.29 is 4.74 Å². The predicted molar refractivity (Wildman–Crippen MR) is 93.8 cm³/mol. The minimum Gasteiger partial charge on any atom is -0.383 e. The highest BCUT2D eigenvalue weighted by Crippen LogP contribution is 2.21. The zero-order chi connectivity index (χ0) is 15.2. The van der Waals surface area contributed by atoms with Crippen LogP contribution < -0.4 is 10.7 Å². The van der Waals surface area contributed by atoms with Crippen molar-refractivity contribution >= 4 is 50.4 Å². The number of ether oxygens (including phenoxy) is 1. The van der Waals surface area contributed by atoms with Crippen molar-refractivity contribution in [3.8, 4) is 0 Å². The molecule has 0 bridgehead atoms. The van der Waals surface area contributed by atoms with Crippen LogP contribution in [0.15, 0.2) is 34.0 Å². The summed E-state index contributed by atoms with van der Waals surface area (Å²) >= 11 is 8.62. The number of hydrogen-bond donors (Lipinski definition) is 3. The summed E-state index contributed by atoms with van der Waals surface area (Å²) in [5, 5.41) is 8.79. The lowest BCUT2D eigenvalue weighted by Crippen LogP contribution is -2.40. The quantitative estimate of drug-likeness (QED) is 0.431. The van der Waals surface area contributed by atoms with Crippen LogP contribution in [0, 0.1) is 0 Å². The number of hydrazone groups is 1. The largest absolute Gasteiger partial charge is 0.383 e. The molecule has 1 atom stereocenters. The number of rotatable bonds is 5. The lowest BCUT2D eigenvalue weighted by Gasteiger charge is -2.13. The van der Waals surface area contributed by atoms with Crippen LogP contribution in [-0.4, -0.2) is 36.1 Å². The second-order valence-electron chi connectivity index (χ2n) is 4.63. The lowest BCUT2D eigenvalue weighted by molar-refractivity contribution is 0.179. The maximum Gasteiger partial charge on any atom is 0.187 e. The SMILES string of the molecule is COC[C@H](C)NC(=S)N/N=C/c1c[nH]c2ccc(Br)cc12. The third kappa shape index (κ3) is 4.52. The first-order valence-electron chi connectivity index (χ1n) is 6.45. The summed E-state index contributed by atoms with van der Waals surface area (Å²) in [4.78, 5) is 3.20. The molecule has 21 heavy (non-hydrogen) atoms. The maximum atomic E-state index is 5.15. The molecule has 7 heteroatoms. The number of nitrogens with one attached hydrogen (secondary N) is 3. The molecule has 0 aliphatic heterocycles. The van der Waals surface area contributed by atoms with Crippen LogP contribution >= 0.6 is 28.1 Å². The van der Waals surface area contributed by atoms with E-state index in [4.69, 9.17) is 17.0 Å². The van der Waals surface area contributed by atoms with Crippen LogP contribution in [0.1, 0.15) is 12.5 Å². The molecule has 1 aromatic heterocycles. The Bertz CT molecular complexity index is 655. The highest BCUT2D eigenvalue weighted by atomic mass is 79.9. The summed E-state index contributed by atoms with van der Waals surface area (Å²) in [6.45, 7) is 2.57. The molecule has 0 saturated carbocycles. The number of halogens is 1. The van der Waals surface area contributed by atoms with Gasteiger partial charge in [0.15, 0.2) is 5.11 Å². The molecule has 0 fully saturated rings. The van der Waals surface area contributed by atoms with Gasteiger partial charge in [-0.05, 0) is 37.3 Å². The van der Waals surface area contributed by atoms with Crippen molar-refractivity contribution in [3.63, 3.8) is 0 Å². The monoisotopic (exact) mass is 368 g/mol. The van der Waals surface area contributed by atoms with Gasteiger partial charge < -0.3 is 15.0 Å². The Labute approximate surface area is 137 Å². The standard InChI is InChI=1S/C14H17BrN4OS/c1-9(8-20-2)18-14(21)19-17-7-10-6-16-13-4-3-11(15)5-12(10)13/h3-7,9,16H,8H2,1-2H3,(H2,18,19,21)/b17-7+/t9-/m0/s1. The molecule has 2 aromatic rings. The number of H-pyrrole nitrogens is 1. The molecule has 0 aliphatic carbocycles. The van der Waals surface area contributed by atoms with E-state index in [1.54, 1.807) is 13.3 Å². The van der Waals surface area contributed by atoms with Crippen molar-refractivity contribution in [2.45, 2.75) is 13.0 Å². The molecule has 112 valence electrons. The smallest absolute Gasteiger partial charge is 0.187 e. The second kappa shape index (κ2) is 7.53. The Kier molecular flexibility index (Phi) is 5.72. The van der Waals surface area contributed by atoms with Crippen molar-refractivity contribution in [2.24, 2.45) is 5.10 Å². The molecule has 0 saturated heterocycles. The predicted octanol–water partition coefficient (Wildman–Crippen LogP) is 2.76. The van der Waals surface area contributed by atoms with Crippen LogP contribution in [0.3, 0.4) is 0 Å². The minimum absolute atomic E-state index is 0.134. The molecular formula is C14H17BrN4OS. The third-order valence-electron chi connectivity index (χ3n) is 2.84. The number of aromatic amines is 1. The van der Waals surface area contributed by atoms with E-state index in [0.717, 1.165) is 20.9 Å². The molecule has 0 aliphatic rings. The summed E-state index contributed by atoms with van der Waals surface area (Å²) < 4.78 is 6.06. The van der Waals surface area contributed by atoms with Crippen molar-refractivity contribution in [2.75, 3.05) is 13.7 Å². The first-order valence-corrected chi connectivity index (χ1v) is 7.65. The normalized spacial score (nSPS) is 12.7. The van der Waals surface area contributed by atoms with E-state index in [0.29, 0.717) is 11.7 Å². The molecule has 2 rings (SSSR count). The summed E-state index contributed by atoms with van der Waals surface area (Å²) in [5.41, 5.74) is 4.85. The highest BCUT2D eigenvalue weighted by molar-refractivity contribution is 9.10. The highest BCUT2D eigenvalue weighted by Gasteiger charge is 2.03. The van der Waals surface area contributed by atoms with Gasteiger partial charge >= 0.3 is 0 Å². The second-order valence-corrected chi connectivity index (χ2v) is 5.96. The van der Waals surface area contributed by atoms with Crippen molar-refractivity contribution in [1.82, 2.24) is 15.7 Å². The van der Waals surface area contributed by atoms with E-state index in [1.165, 1.54) is 0 Å². The van der Waals surface area contributed by atoms with E-state index in [-0.39, 0.29) is 6.04 Å². The first-order chi connectivity index (χ1) is 10.1. The molecular weight excluding hydrogens is 352 g/mol. The number of thiocarbonyl (C=S) groups is 1. The van der Waals surface area contributed by atoms with Gasteiger partial charge in [-0.3, -0.25) is 5.43 Å². The molecule has 0 amide bonds. The van der Waals surface area contributed by atoms with E-state index < -0.39 is 0 Å². The average Bonchev–Trinajstić information content (AvgIpc) is 2.81. The van der Waals surface area contributed by atoms with Gasteiger partial charge in [0.25, 0.3) is 0 Å². The molecule has 0 unspecified atom stereocenters. The fourth-order valence-corrected chi connectivity index (χ4v) is 2.54. The van der Waals surface area contributed by atoms with Crippen LogP contribution in [0.5, 0.6) is 0 Å². The van der Waals surface area contributed by atoms with Gasteiger partial charge in [0.05, 0.1) is 12.8 Å². The Hall–Kier alpha value is -1.44. The summed E-state index contributed by atoms with van der Waals surface area (Å²) in [6.07, 6.45) is 3.65. The van der Waals surface area contributed by atoms with Gasteiger partial charge in [-0.25, -0.2) is 0 Å². The Morgan fingerprint density at radius 1 is 1.57 bits per heavy atom. The molecule has 0 radical (unpaired) electrons. The summed E-state index contributed by atoms with van der Waals surface area (Å²) in [6, 6.07) is 6.19. The van der Waals surface area contributed by atoms with E-state index >= 15 is 0 Å². The van der Waals surface area contributed by atoms with Gasteiger partial charge in [0, 0.05) is 40.3 Å². The molecule has 5 nitrogen and oxygen atoms in total. The number of benzene rings is 1. The number of methoxy groups -OCH3 is 1. The Morgan fingerprint density at radius 2 is 2.38 bits per heavy atom. The maximum absolute atomic E-state index is 5.15. The van der Waals surface area contributed by atoms with Gasteiger partial charge in [-0.15, -0.1) is 0 Å². The Balaban J connectivity index is 1.97. The van der Waals surface area contributed by atoms with Gasteiger partial charge in [0.1, 0.15) is 0 Å². The minimum atomic E-state index is 0.134. The van der Waals surface area contributed by atoms with Crippen molar-refractivity contribution in [1.29, 1.82) is 0 Å². The zero-order valence-electron chi connectivity index (χ0n) is 11.8. The fourth-order valence-electron chi connectivity index (χ4n) is 1.93.